The van der Waals surface area contributed by atoms with E-state index in [1.165, 1.54) is 12.8 Å². The quantitative estimate of drug-likeness (QED) is 0.795. The van der Waals surface area contributed by atoms with Crippen molar-refractivity contribution in [3.05, 3.63) is 12.1 Å². The van der Waals surface area contributed by atoms with Gasteiger partial charge in [0.05, 0.1) is 12.3 Å². The van der Waals surface area contributed by atoms with Crippen LogP contribution in [0.4, 0.5) is 11.5 Å². The maximum atomic E-state index is 5.84. The molecule has 1 aromatic rings. The van der Waals surface area contributed by atoms with Gasteiger partial charge in [0.15, 0.2) is 0 Å². The summed E-state index contributed by atoms with van der Waals surface area (Å²) in [6.45, 7) is 5.01. The minimum Gasteiger partial charge on any atom is -0.476 e. The average Bonchev–Trinajstić information content (AvgIpc) is 3.13. The van der Waals surface area contributed by atoms with Crippen molar-refractivity contribution in [3.63, 3.8) is 0 Å². The van der Waals surface area contributed by atoms with Crippen LogP contribution in [0.2, 0.25) is 0 Å². The highest BCUT2D eigenvalue weighted by Gasteiger charge is 2.22. The Kier molecular flexibility index (Phi) is 3.71. The Balaban J connectivity index is 1.99. The summed E-state index contributed by atoms with van der Waals surface area (Å²) in [5, 5.41) is 3.32. The lowest BCUT2D eigenvalue weighted by atomic mass is 10.2. The normalized spacial score (nSPS) is 16.6. The SMILES string of the molecule is CCC(C)Nc1ccc(N)c(OCC2CC2)n1. The number of nitrogens with two attached hydrogens (primary N) is 1. The Morgan fingerprint density at radius 2 is 2.29 bits per heavy atom. The molecule has 0 aliphatic heterocycles. The van der Waals surface area contributed by atoms with E-state index in [2.05, 4.69) is 24.1 Å². The molecular formula is C13H21N3O. The van der Waals surface area contributed by atoms with Crippen molar-refractivity contribution in [2.45, 2.75) is 39.2 Å². The zero-order chi connectivity index (χ0) is 12.3. The molecule has 94 valence electrons. The summed E-state index contributed by atoms with van der Waals surface area (Å²) in [5.74, 6) is 2.10. The fourth-order valence-corrected chi connectivity index (χ4v) is 1.48. The van der Waals surface area contributed by atoms with E-state index in [9.17, 15) is 0 Å². The molecule has 1 heterocycles. The summed E-state index contributed by atoms with van der Waals surface area (Å²) in [7, 11) is 0. The number of hydrogen-bond donors (Lipinski definition) is 2. The molecule has 0 aromatic carbocycles. The van der Waals surface area contributed by atoms with Gasteiger partial charge in [-0.3, -0.25) is 0 Å². The number of ether oxygens (including phenoxy) is 1. The van der Waals surface area contributed by atoms with E-state index < -0.39 is 0 Å². The first kappa shape index (κ1) is 12.0. The van der Waals surface area contributed by atoms with Crippen LogP contribution < -0.4 is 15.8 Å². The van der Waals surface area contributed by atoms with Crippen LogP contribution in [-0.2, 0) is 0 Å². The Morgan fingerprint density at radius 3 is 2.94 bits per heavy atom. The molecule has 1 atom stereocenters. The van der Waals surface area contributed by atoms with Gasteiger partial charge < -0.3 is 15.8 Å². The molecular weight excluding hydrogens is 214 g/mol. The van der Waals surface area contributed by atoms with Gasteiger partial charge in [0.2, 0.25) is 5.88 Å². The third kappa shape index (κ3) is 3.51. The third-order valence-electron chi connectivity index (χ3n) is 3.05. The summed E-state index contributed by atoms with van der Waals surface area (Å²) in [5.41, 5.74) is 6.46. The second-order valence-corrected chi connectivity index (χ2v) is 4.80. The Morgan fingerprint density at radius 1 is 1.53 bits per heavy atom. The molecule has 1 unspecified atom stereocenters. The molecule has 4 nitrogen and oxygen atoms in total. The summed E-state index contributed by atoms with van der Waals surface area (Å²) in [4.78, 5) is 4.40. The summed E-state index contributed by atoms with van der Waals surface area (Å²) >= 11 is 0. The Labute approximate surface area is 103 Å². The van der Waals surface area contributed by atoms with E-state index in [1.807, 2.05) is 12.1 Å². The van der Waals surface area contributed by atoms with Gasteiger partial charge in [0.1, 0.15) is 5.82 Å². The molecule has 17 heavy (non-hydrogen) atoms. The van der Waals surface area contributed by atoms with Crippen molar-refractivity contribution in [1.82, 2.24) is 4.98 Å². The molecule has 1 saturated carbocycles. The first-order valence-corrected chi connectivity index (χ1v) is 6.35. The van der Waals surface area contributed by atoms with Crippen molar-refractivity contribution < 1.29 is 4.74 Å². The molecule has 1 aliphatic rings. The number of nitrogens with zero attached hydrogens (tertiary/aromatic N) is 1. The lowest BCUT2D eigenvalue weighted by Gasteiger charge is -2.14. The van der Waals surface area contributed by atoms with Gasteiger partial charge in [-0.15, -0.1) is 0 Å². The molecule has 1 fully saturated rings. The topological polar surface area (TPSA) is 60.2 Å². The number of rotatable bonds is 6. The zero-order valence-corrected chi connectivity index (χ0v) is 10.6. The van der Waals surface area contributed by atoms with E-state index >= 15 is 0 Å². The highest BCUT2D eigenvalue weighted by molar-refractivity contribution is 5.53. The van der Waals surface area contributed by atoms with Gasteiger partial charge in [-0.2, -0.15) is 4.98 Å². The molecule has 0 saturated heterocycles. The van der Waals surface area contributed by atoms with Crippen LogP contribution in [0.1, 0.15) is 33.1 Å². The molecule has 0 radical (unpaired) electrons. The van der Waals surface area contributed by atoms with Gasteiger partial charge in [-0.05, 0) is 44.2 Å². The molecule has 3 N–H and O–H groups in total. The molecule has 2 rings (SSSR count). The van der Waals surface area contributed by atoms with E-state index in [-0.39, 0.29) is 0 Å². The van der Waals surface area contributed by atoms with E-state index in [0.717, 1.165) is 18.8 Å². The van der Waals surface area contributed by atoms with Gasteiger partial charge in [0.25, 0.3) is 0 Å². The monoisotopic (exact) mass is 235 g/mol. The van der Waals surface area contributed by atoms with Crippen molar-refractivity contribution in [2.75, 3.05) is 17.7 Å². The van der Waals surface area contributed by atoms with Crippen LogP contribution in [0.25, 0.3) is 0 Å². The first-order chi connectivity index (χ1) is 8.19. The maximum absolute atomic E-state index is 5.84. The van der Waals surface area contributed by atoms with Gasteiger partial charge >= 0.3 is 0 Å². The number of nitrogens with one attached hydrogen (secondary N) is 1. The highest BCUT2D eigenvalue weighted by atomic mass is 16.5. The minimum absolute atomic E-state index is 0.405. The minimum atomic E-state index is 0.405. The highest BCUT2D eigenvalue weighted by Crippen LogP contribution is 2.30. The predicted molar refractivity (Wildman–Crippen MR) is 70.2 cm³/mol. The fourth-order valence-electron chi connectivity index (χ4n) is 1.48. The lowest BCUT2D eigenvalue weighted by Crippen LogP contribution is -2.15. The summed E-state index contributed by atoms with van der Waals surface area (Å²) in [6, 6.07) is 4.15. The molecule has 0 bridgehead atoms. The molecule has 1 aromatic heterocycles. The van der Waals surface area contributed by atoms with Crippen molar-refractivity contribution >= 4 is 11.5 Å². The van der Waals surface area contributed by atoms with E-state index in [4.69, 9.17) is 10.5 Å². The second-order valence-electron chi connectivity index (χ2n) is 4.80. The molecule has 1 aliphatic carbocycles. The number of aromatic nitrogens is 1. The maximum Gasteiger partial charge on any atom is 0.239 e. The van der Waals surface area contributed by atoms with Crippen LogP contribution in [0.5, 0.6) is 5.88 Å². The number of anilines is 2. The van der Waals surface area contributed by atoms with Gasteiger partial charge in [0, 0.05) is 6.04 Å². The molecule has 0 amide bonds. The summed E-state index contributed by atoms with van der Waals surface area (Å²) < 4.78 is 5.64. The number of pyridine rings is 1. The Hall–Kier alpha value is -1.45. The zero-order valence-electron chi connectivity index (χ0n) is 10.6. The largest absolute Gasteiger partial charge is 0.476 e. The van der Waals surface area contributed by atoms with Gasteiger partial charge in [-0.25, -0.2) is 0 Å². The smallest absolute Gasteiger partial charge is 0.239 e. The van der Waals surface area contributed by atoms with Crippen LogP contribution in [0.15, 0.2) is 12.1 Å². The first-order valence-electron chi connectivity index (χ1n) is 6.35. The Bertz CT molecular complexity index is 377. The second kappa shape index (κ2) is 5.25. The van der Waals surface area contributed by atoms with Crippen LogP contribution in [-0.4, -0.2) is 17.6 Å². The molecule has 4 heteroatoms. The number of nitrogen functional groups attached to an aromatic ring is 1. The fraction of sp³-hybridized carbons (Fsp3) is 0.615. The van der Waals surface area contributed by atoms with Crippen molar-refractivity contribution in [3.8, 4) is 5.88 Å². The van der Waals surface area contributed by atoms with E-state index in [0.29, 0.717) is 23.5 Å². The lowest BCUT2D eigenvalue weighted by molar-refractivity contribution is 0.290. The average molecular weight is 235 g/mol. The van der Waals surface area contributed by atoms with Crippen molar-refractivity contribution in [1.29, 1.82) is 0 Å². The van der Waals surface area contributed by atoms with Gasteiger partial charge in [-0.1, -0.05) is 6.92 Å². The van der Waals surface area contributed by atoms with Crippen LogP contribution in [0, 0.1) is 5.92 Å². The standard InChI is InChI=1S/C13H21N3O/c1-3-9(2)15-12-7-6-11(14)13(16-12)17-8-10-4-5-10/h6-7,9-10H,3-5,8,14H2,1-2H3,(H,15,16). The predicted octanol–water partition coefficient (Wildman–Crippen LogP) is 2.66. The van der Waals surface area contributed by atoms with Crippen LogP contribution in [0.3, 0.4) is 0 Å². The van der Waals surface area contributed by atoms with Crippen LogP contribution >= 0.6 is 0 Å². The third-order valence-corrected chi connectivity index (χ3v) is 3.05. The summed E-state index contributed by atoms with van der Waals surface area (Å²) in [6.07, 6.45) is 3.60. The van der Waals surface area contributed by atoms with Crippen molar-refractivity contribution in [2.24, 2.45) is 5.92 Å². The number of hydrogen-bond acceptors (Lipinski definition) is 4. The molecule has 0 spiro atoms. The van der Waals surface area contributed by atoms with E-state index in [1.54, 1.807) is 0 Å².